The van der Waals surface area contributed by atoms with Gasteiger partial charge in [0.1, 0.15) is 0 Å². The number of ketones is 1. The van der Waals surface area contributed by atoms with Crippen LogP contribution in [0.15, 0.2) is 12.2 Å². The van der Waals surface area contributed by atoms with Crippen LogP contribution in [-0.4, -0.2) is 29.8 Å². The average molecular weight is 167 g/mol. The van der Waals surface area contributed by atoms with Crippen molar-refractivity contribution in [3.63, 3.8) is 0 Å². The van der Waals surface area contributed by atoms with Crippen molar-refractivity contribution in [2.75, 3.05) is 13.1 Å². The minimum Gasteiger partial charge on any atom is -0.297 e. The molecule has 0 unspecified atom stereocenters. The standard InChI is InChI=1S/C10H17NO/c1-3-10(6-5-9(2)12)11-7-4-8-11/h5-6,10H,3-4,7-8H2,1-2H3/b6-5+/t10-/m0/s1. The molecule has 0 amide bonds. The molecular weight excluding hydrogens is 150 g/mol. The van der Waals surface area contributed by atoms with Crippen LogP contribution >= 0.6 is 0 Å². The van der Waals surface area contributed by atoms with Gasteiger partial charge in [-0.25, -0.2) is 0 Å². The summed E-state index contributed by atoms with van der Waals surface area (Å²) < 4.78 is 0. The molecule has 2 heteroatoms. The molecule has 0 aliphatic carbocycles. The fourth-order valence-electron chi connectivity index (χ4n) is 1.43. The number of hydrogen-bond donors (Lipinski definition) is 0. The third-order valence-corrected chi connectivity index (χ3v) is 2.33. The van der Waals surface area contributed by atoms with Crippen molar-refractivity contribution in [3.05, 3.63) is 12.2 Å². The number of carbonyl (C=O) groups is 1. The predicted molar refractivity (Wildman–Crippen MR) is 50.1 cm³/mol. The van der Waals surface area contributed by atoms with Crippen LogP contribution in [-0.2, 0) is 4.79 Å². The van der Waals surface area contributed by atoms with Crippen LogP contribution in [0.25, 0.3) is 0 Å². The monoisotopic (exact) mass is 167 g/mol. The van der Waals surface area contributed by atoms with Crippen molar-refractivity contribution < 1.29 is 4.79 Å². The topological polar surface area (TPSA) is 20.3 Å². The zero-order chi connectivity index (χ0) is 8.97. The molecule has 1 rings (SSSR count). The lowest BCUT2D eigenvalue weighted by molar-refractivity contribution is -0.112. The molecule has 0 aromatic heterocycles. The fraction of sp³-hybridized carbons (Fsp3) is 0.700. The second-order valence-electron chi connectivity index (χ2n) is 3.33. The summed E-state index contributed by atoms with van der Waals surface area (Å²) >= 11 is 0. The molecule has 2 nitrogen and oxygen atoms in total. The van der Waals surface area contributed by atoms with E-state index in [0.29, 0.717) is 6.04 Å². The largest absolute Gasteiger partial charge is 0.297 e. The van der Waals surface area contributed by atoms with Crippen molar-refractivity contribution in [3.8, 4) is 0 Å². The molecule has 1 aliphatic rings. The van der Waals surface area contributed by atoms with Crippen molar-refractivity contribution in [2.45, 2.75) is 32.7 Å². The smallest absolute Gasteiger partial charge is 0.152 e. The zero-order valence-electron chi connectivity index (χ0n) is 7.92. The highest BCUT2D eigenvalue weighted by Crippen LogP contribution is 2.14. The number of likely N-dealkylation sites (tertiary alicyclic amines) is 1. The van der Waals surface area contributed by atoms with Gasteiger partial charge in [0.15, 0.2) is 5.78 Å². The lowest BCUT2D eigenvalue weighted by Crippen LogP contribution is -2.43. The quantitative estimate of drug-likeness (QED) is 0.593. The van der Waals surface area contributed by atoms with Gasteiger partial charge in [-0.05, 0) is 38.9 Å². The van der Waals surface area contributed by atoms with Crippen LogP contribution < -0.4 is 0 Å². The van der Waals surface area contributed by atoms with Gasteiger partial charge in [0.2, 0.25) is 0 Å². The van der Waals surface area contributed by atoms with Crippen LogP contribution in [0.3, 0.4) is 0 Å². The summed E-state index contributed by atoms with van der Waals surface area (Å²) in [5, 5.41) is 0. The highest BCUT2D eigenvalue weighted by atomic mass is 16.1. The maximum atomic E-state index is 10.7. The number of hydrogen-bond acceptors (Lipinski definition) is 2. The van der Waals surface area contributed by atoms with Crippen molar-refractivity contribution in [1.82, 2.24) is 4.90 Å². The molecule has 0 saturated carbocycles. The molecule has 0 aromatic carbocycles. The highest BCUT2D eigenvalue weighted by Gasteiger charge is 2.19. The van der Waals surface area contributed by atoms with Gasteiger partial charge in [-0.2, -0.15) is 0 Å². The van der Waals surface area contributed by atoms with Crippen LogP contribution in [0.4, 0.5) is 0 Å². The maximum absolute atomic E-state index is 10.7. The van der Waals surface area contributed by atoms with Gasteiger partial charge in [0.25, 0.3) is 0 Å². The van der Waals surface area contributed by atoms with Crippen LogP contribution in [0, 0.1) is 0 Å². The second-order valence-corrected chi connectivity index (χ2v) is 3.33. The maximum Gasteiger partial charge on any atom is 0.152 e. The molecule has 1 heterocycles. The van der Waals surface area contributed by atoms with Gasteiger partial charge in [-0.1, -0.05) is 13.0 Å². The molecule has 1 aliphatic heterocycles. The Morgan fingerprint density at radius 1 is 1.58 bits per heavy atom. The zero-order valence-corrected chi connectivity index (χ0v) is 7.92. The first kappa shape index (κ1) is 9.46. The molecule has 0 bridgehead atoms. The van der Waals surface area contributed by atoms with E-state index in [4.69, 9.17) is 0 Å². The van der Waals surface area contributed by atoms with E-state index in [1.807, 2.05) is 6.08 Å². The number of allylic oxidation sites excluding steroid dienone is 1. The van der Waals surface area contributed by atoms with Gasteiger partial charge >= 0.3 is 0 Å². The molecular formula is C10H17NO. The number of nitrogens with zero attached hydrogens (tertiary/aromatic N) is 1. The normalized spacial score (nSPS) is 20.8. The predicted octanol–water partition coefficient (Wildman–Crippen LogP) is 1.62. The van der Waals surface area contributed by atoms with Gasteiger partial charge in [0, 0.05) is 6.04 Å². The third-order valence-electron chi connectivity index (χ3n) is 2.33. The van der Waals surface area contributed by atoms with Gasteiger partial charge < -0.3 is 0 Å². The molecule has 1 saturated heterocycles. The Hall–Kier alpha value is -0.630. The Morgan fingerprint density at radius 3 is 2.58 bits per heavy atom. The fourth-order valence-corrected chi connectivity index (χ4v) is 1.43. The van der Waals surface area contributed by atoms with Crippen molar-refractivity contribution in [2.24, 2.45) is 0 Å². The molecule has 1 atom stereocenters. The SMILES string of the molecule is CC[C@@H](/C=C/C(C)=O)N1CCC1. The molecule has 1 fully saturated rings. The van der Waals surface area contributed by atoms with Crippen molar-refractivity contribution >= 4 is 5.78 Å². The van der Waals surface area contributed by atoms with E-state index in [1.54, 1.807) is 13.0 Å². The van der Waals surface area contributed by atoms with Crippen LogP contribution in [0.2, 0.25) is 0 Å². The van der Waals surface area contributed by atoms with E-state index >= 15 is 0 Å². The number of rotatable bonds is 4. The molecule has 0 N–H and O–H groups in total. The van der Waals surface area contributed by atoms with E-state index in [2.05, 4.69) is 11.8 Å². The summed E-state index contributed by atoms with van der Waals surface area (Å²) in [7, 11) is 0. The summed E-state index contributed by atoms with van der Waals surface area (Å²) in [4.78, 5) is 13.1. The molecule has 68 valence electrons. The number of carbonyl (C=O) groups excluding carboxylic acids is 1. The van der Waals surface area contributed by atoms with Crippen molar-refractivity contribution in [1.29, 1.82) is 0 Å². The van der Waals surface area contributed by atoms with E-state index in [9.17, 15) is 4.79 Å². The third kappa shape index (κ3) is 2.45. The Kier molecular flexibility index (Phi) is 3.48. The van der Waals surface area contributed by atoms with E-state index in [1.165, 1.54) is 19.5 Å². The minimum atomic E-state index is 0.147. The Labute approximate surface area is 74.2 Å². The Balaban J connectivity index is 2.38. The lowest BCUT2D eigenvalue weighted by atomic mass is 10.1. The summed E-state index contributed by atoms with van der Waals surface area (Å²) in [5.41, 5.74) is 0. The first-order chi connectivity index (χ1) is 5.74. The summed E-state index contributed by atoms with van der Waals surface area (Å²) in [5.74, 6) is 0.147. The Bertz CT molecular complexity index is 182. The molecule has 0 spiro atoms. The van der Waals surface area contributed by atoms with E-state index in [-0.39, 0.29) is 5.78 Å². The van der Waals surface area contributed by atoms with E-state index in [0.717, 1.165) is 6.42 Å². The minimum absolute atomic E-state index is 0.147. The second kappa shape index (κ2) is 4.41. The van der Waals surface area contributed by atoms with Gasteiger partial charge in [0.05, 0.1) is 0 Å². The molecule has 0 aromatic rings. The van der Waals surface area contributed by atoms with E-state index < -0.39 is 0 Å². The van der Waals surface area contributed by atoms with Gasteiger partial charge in [-0.3, -0.25) is 9.69 Å². The molecule has 0 radical (unpaired) electrons. The first-order valence-corrected chi connectivity index (χ1v) is 4.67. The van der Waals surface area contributed by atoms with Gasteiger partial charge in [-0.15, -0.1) is 0 Å². The van der Waals surface area contributed by atoms with Crippen LogP contribution in [0.5, 0.6) is 0 Å². The highest BCUT2D eigenvalue weighted by molar-refractivity contribution is 5.87. The summed E-state index contributed by atoms with van der Waals surface area (Å²) in [6.07, 6.45) is 6.13. The summed E-state index contributed by atoms with van der Waals surface area (Å²) in [6, 6.07) is 0.489. The lowest BCUT2D eigenvalue weighted by Gasteiger charge is -2.36. The Morgan fingerprint density at radius 2 is 2.25 bits per heavy atom. The van der Waals surface area contributed by atoms with Crippen LogP contribution in [0.1, 0.15) is 26.7 Å². The summed E-state index contributed by atoms with van der Waals surface area (Å²) in [6.45, 7) is 6.15. The molecule has 12 heavy (non-hydrogen) atoms. The average Bonchev–Trinajstić information content (AvgIpc) is 1.93. The first-order valence-electron chi connectivity index (χ1n) is 4.67.